The molecule has 35 heavy (non-hydrogen) atoms. The molecular formula is C27H41Cl2MnN5-2. The van der Waals surface area contributed by atoms with Crippen LogP contribution in [0, 0.1) is 0 Å². The molecule has 1 aliphatic heterocycles. The minimum atomic E-state index is 0.00694. The maximum Gasteiger partial charge on any atom is 0.0264 e. The Morgan fingerprint density at radius 3 is 1.63 bits per heavy atom. The molecule has 0 radical (unpaired) electrons. The number of rotatable bonds is 0. The standard InChI is InChI=1S/C27H41N5.2ClH.Mn/c1-3-11-22-20(9-1)28-15-16-29-21-10-2-4-12-23(21)31-25-14-6-8-19-17-18-7-5-13-24(30-22)26(18)32-27(19)25;;;/h17,20-25,28-29H,1-16H2;2*1H;/q-2;;;+2/p-2/t20?,21?,22?,23?,24-,25-;;;/m0.../s1. The quantitative estimate of drug-likeness (QED) is 0.344. The topological polar surface area (TPSA) is 65.2 Å². The van der Waals surface area contributed by atoms with Crippen LogP contribution < -0.4 is 10.6 Å². The Bertz CT molecular complexity index is 766. The SMILES string of the molecule is [Cl][Mn][Cl].c1c2c3nc4c1CCC[C@@H]4[N-]C1CCCCC1NCCNC1CCCCC1[N-][C@H]3CCC2. The molecule has 6 rings (SSSR count). The van der Waals surface area contributed by atoms with E-state index in [9.17, 15) is 0 Å². The molecular weight excluding hydrogens is 520 g/mol. The molecule has 197 valence electrons. The average Bonchev–Trinajstić information content (AvgIpc) is 2.88. The third-order valence-electron chi connectivity index (χ3n) is 8.87. The second-order valence-corrected chi connectivity index (χ2v) is 13.0. The first-order chi connectivity index (χ1) is 17.3. The molecule has 2 saturated carbocycles. The van der Waals surface area contributed by atoms with Crippen LogP contribution in [-0.2, 0) is 26.0 Å². The van der Waals surface area contributed by atoms with Crippen molar-refractivity contribution in [3.8, 4) is 0 Å². The molecule has 5 nitrogen and oxygen atoms in total. The van der Waals surface area contributed by atoms with Crippen molar-refractivity contribution in [3.05, 3.63) is 39.2 Å². The number of nitrogens with zero attached hydrogens (tertiary/aromatic N) is 3. The van der Waals surface area contributed by atoms with Crippen LogP contribution >= 0.6 is 20.2 Å². The predicted molar refractivity (Wildman–Crippen MR) is 142 cm³/mol. The number of nitrogens with one attached hydrogen (secondary N) is 2. The Balaban J connectivity index is 0.000000806. The van der Waals surface area contributed by atoms with E-state index in [4.69, 9.17) is 35.8 Å². The smallest absolute Gasteiger partial charge is 0.0264 e. The largest absolute Gasteiger partial charge is 0.650 e. The van der Waals surface area contributed by atoms with E-state index in [1.54, 1.807) is 0 Å². The summed E-state index contributed by atoms with van der Waals surface area (Å²) in [6.07, 6.45) is 17.6. The minimum Gasteiger partial charge on any atom is -0.650 e. The number of halogens is 2. The van der Waals surface area contributed by atoms with Crippen LogP contribution in [0.5, 0.6) is 0 Å². The van der Waals surface area contributed by atoms with E-state index in [-0.39, 0.29) is 13.1 Å². The maximum atomic E-state index is 5.51. The maximum absolute atomic E-state index is 5.51. The average molecular weight is 562 g/mol. The van der Waals surface area contributed by atoms with Gasteiger partial charge in [-0.2, -0.15) is 0 Å². The number of fused-ring (bicyclic) bond motifs is 2. The van der Waals surface area contributed by atoms with Crippen molar-refractivity contribution in [2.75, 3.05) is 13.1 Å². The van der Waals surface area contributed by atoms with Crippen LogP contribution in [0.15, 0.2) is 6.07 Å². The number of aromatic nitrogens is 1. The van der Waals surface area contributed by atoms with Gasteiger partial charge in [0.15, 0.2) is 0 Å². The summed E-state index contributed by atoms with van der Waals surface area (Å²) in [6.45, 7) is 2.10. The Kier molecular flexibility index (Phi) is 10.1. The molecule has 0 spiro atoms. The Labute approximate surface area is 226 Å². The van der Waals surface area contributed by atoms with Gasteiger partial charge in [-0.3, -0.25) is 4.98 Å². The van der Waals surface area contributed by atoms with Gasteiger partial charge in [-0.25, -0.2) is 0 Å². The monoisotopic (exact) mass is 560 g/mol. The first kappa shape index (κ1) is 26.7. The Morgan fingerprint density at radius 1 is 0.686 bits per heavy atom. The fourth-order valence-electron chi connectivity index (χ4n) is 7.18. The van der Waals surface area contributed by atoms with Crippen LogP contribution in [-0.4, -0.2) is 42.2 Å². The van der Waals surface area contributed by atoms with Gasteiger partial charge in [0, 0.05) is 24.5 Å². The van der Waals surface area contributed by atoms with Crippen LogP contribution in [0.2, 0.25) is 0 Å². The van der Waals surface area contributed by atoms with Crippen LogP contribution in [0.4, 0.5) is 0 Å². The van der Waals surface area contributed by atoms with Crippen LogP contribution in [0.3, 0.4) is 0 Å². The minimum absolute atomic E-state index is 0.00694. The molecule has 4 unspecified atom stereocenters. The zero-order valence-corrected chi connectivity index (χ0v) is 23.5. The van der Waals surface area contributed by atoms with Crippen molar-refractivity contribution < 1.29 is 13.1 Å². The molecule has 0 aromatic carbocycles. The number of hydrogen-bond acceptors (Lipinski definition) is 3. The zero-order chi connectivity index (χ0) is 24.0. The third-order valence-corrected chi connectivity index (χ3v) is 8.87. The zero-order valence-electron chi connectivity index (χ0n) is 20.8. The van der Waals surface area contributed by atoms with Gasteiger partial charge in [0.25, 0.3) is 0 Å². The second-order valence-electron chi connectivity index (χ2n) is 11.1. The molecule has 1 aromatic rings. The number of pyridine rings is 1. The summed E-state index contributed by atoms with van der Waals surface area (Å²) >= 11 is 0.00694. The molecule has 0 saturated heterocycles. The normalized spacial score (nSPS) is 35.3. The summed E-state index contributed by atoms with van der Waals surface area (Å²) in [5.74, 6) is 0. The van der Waals surface area contributed by atoms with Gasteiger partial charge < -0.3 is 21.3 Å². The fraction of sp³-hybridized carbons (Fsp3) is 0.815. The molecule has 2 fully saturated rings. The van der Waals surface area contributed by atoms with E-state index < -0.39 is 0 Å². The Morgan fingerprint density at radius 2 is 1.14 bits per heavy atom. The van der Waals surface area contributed by atoms with Crippen molar-refractivity contribution >= 4 is 20.2 Å². The summed E-state index contributed by atoms with van der Waals surface area (Å²) in [6, 6.07) is 5.09. The van der Waals surface area contributed by atoms with Gasteiger partial charge >= 0.3 is 33.3 Å². The van der Waals surface area contributed by atoms with Gasteiger partial charge in [0.2, 0.25) is 0 Å². The summed E-state index contributed by atoms with van der Waals surface area (Å²) in [4.78, 5) is 5.44. The van der Waals surface area contributed by atoms with Gasteiger partial charge in [-0.1, -0.05) is 82.4 Å². The molecule has 2 N–H and O–H groups in total. The van der Waals surface area contributed by atoms with Crippen molar-refractivity contribution in [3.63, 3.8) is 0 Å². The molecule has 8 heteroatoms. The molecule has 5 aliphatic rings. The fourth-order valence-corrected chi connectivity index (χ4v) is 7.18. The molecule has 1 aromatic heterocycles. The third kappa shape index (κ3) is 6.57. The van der Waals surface area contributed by atoms with Crippen molar-refractivity contribution in [2.45, 2.75) is 126 Å². The number of aryl methyl sites for hydroxylation is 2. The van der Waals surface area contributed by atoms with E-state index >= 15 is 0 Å². The molecule has 4 aliphatic carbocycles. The molecule has 2 bridgehead atoms. The van der Waals surface area contributed by atoms with Gasteiger partial charge in [0.05, 0.1) is 0 Å². The second kappa shape index (κ2) is 13.2. The van der Waals surface area contributed by atoms with E-state index in [0.717, 1.165) is 13.1 Å². The Hall–Kier alpha value is 0.0895. The van der Waals surface area contributed by atoms with Gasteiger partial charge in [-0.05, 0) is 48.9 Å². The summed E-state index contributed by atoms with van der Waals surface area (Å²) in [5, 5.41) is 18.8. The van der Waals surface area contributed by atoms with E-state index in [1.165, 1.54) is 112 Å². The molecule has 6 atom stereocenters. The van der Waals surface area contributed by atoms with Crippen LogP contribution in [0.1, 0.15) is 112 Å². The van der Waals surface area contributed by atoms with Gasteiger partial charge in [0.1, 0.15) is 0 Å². The first-order valence-corrected chi connectivity index (χ1v) is 17.3. The first-order valence-electron chi connectivity index (χ1n) is 14.0. The van der Waals surface area contributed by atoms with Crippen molar-refractivity contribution in [2.24, 2.45) is 0 Å². The summed E-state index contributed by atoms with van der Waals surface area (Å²) in [7, 11) is 9.59. The summed E-state index contributed by atoms with van der Waals surface area (Å²) in [5.41, 5.74) is 5.61. The summed E-state index contributed by atoms with van der Waals surface area (Å²) < 4.78 is 0. The van der Waals surface area contributed by atoms with E-state index in [2.05, 4.69) is 16.7 Å². The van der Waals surface area contributed by atoms with E-state index in [1.807, 2.05) is 0 Å². The number of hydrogen-bond donors (Lipinski definition) is 2. The molecule has 2 heterocycles. The van der Waals surface area contributed by atoms with Crippen molar-refractivity contribution in [1.29, 1.82) is 0 Å². The van der Waals surface area contributed by atoms with E-state index in [0.29, 0.717) is 36.3 Å². The predicted octanol–water partition coefficient (Wildman–Crippen LogP) is 6.78. The van der Waals surface area contributed by atoms with Crippen LogP contribution in [0.25, 0.3) is 10.6 Å². The van der Waals surface area contributed by atoms with Gasteiger partial charge in [-0.15, -0.1) is 12.1 Å². The van der Waals surface area contributed by atoms with Crippen molar-refractivity contribution in [1.82, 2.24) is 15.6 Å². The molecule has 0 amide bonds.